The van der Waals surface area contributed by atoms with Gasteiger partial charge in [0.25, 0.3) is 0 Å². The van der Waals surface area contributed by atoms with E-state index in [0.717, 1.165) is 70.1 Å². The molecule has 4 aliphatic heterocycles. The van der Waals surface area contributed by atoms with Crippen LogP contribution in [0.25, 0.3) is 0 Å². The molecule has 0 saturated carbocycles. The number of hydrogen-bond acceptors (Lipinski definition) is 5. The lowest BCUT2D eigenvalue weighted by Crippen LogP contribution is -2.64. The molecule has 1 aromatic carbocycles. The first-order valence-electron chi connectivity index (χ1n) is 11.0. The number of piperidine rings is 1. The summed E-state index contributed by atoms with van der Waals surface area (Å²) < 4.78 is 5.48. The highest BCUT2D eigenvalue weighted by atomic mass is 16.5. The fourth-order valence-electron chi connectivity index (χ4n) is 5.21. The summed E-state index contributed by atoms with van der Waals surface area (Å²) in [5.74, 6) is 0.262. The van der Waals surface area contributed by atoms with E-state index in [2.05, 4.69) is 39.0 Å². The number of likely N-dealkylation sites (tertiary alicyclic amines) is 1. The molecule has 0 spiro atoms. The van der Waals surface area contributed by atoms with Gasteiger partial charge in [0.1, 0.15) is 0 Å². The van der Waals surface area contributed by atoms with Crippen LogP contribution in [0.15, 0.2) is 24.3 Å². The van der Waals surface area contributed by atoms with Crippen molar-refractivity contribution in [3.8, 4) is 0 Å². The molecule has 152 valence electrons. The molecule has 0 atom stereocenters. The van der Waals surface area contributed by atoms with E-state index in [1.165, 1.54) is 31.6 Å². The molecule has 0 aliphatic carbocycles. The summed E-state index contributed by atoms with van der Waals surface area (Å²) in [7, 11) is 0. The van der Waals surface area contributed by atoms with E-state index in [9.17, 15) is 4.79 Å². The second kappa shape index (κ2) is 8.01. The van der Waals surface area contributed by atoms with Crippen LogP contribution in [0.1, 0.15) is 25.7 Å². The monoisotopic (exact) mass is 384 g/mol. The van der Waals surface area contributed by atoms with Gasteiger partial charge < -0.3 is 14.5 Å². The molecule has 4 fully saturated rings. The maximum absolute atomic E-state index is 11.9. The SMILES string of the molecule is O=C1CCCN1c1ccc(N2CCC(N3CC(N4CCOCC4)C3)CC2)cc1. The minimum absolute atomic E-state index is 0.262. The number of carbonyl (C=O) groups is 1. The number of ether oxygens (including phenoxy) is 1. The molecular weight excluding hydrogens is 352 g/mol. The van der Waals surface area contributed by atoms with Gasteiger partial charge in [0.05, 0.1) is 13.2 Å². The standard InChI is InChI=1S/C22H32N4O2/c27-22-2-1-9-26(22)20-5-3-18(4-6-20)23-10-7-19(8-11-23)25-16-21(17-25)24-12-14-28-15-13-24/h3-6,19,21H,1-2,7-17H2. The van der Waals surface area contributed by atoms with Crippen LogP contribution in [0.2, 0.25) is 0 Å². The zero-order valence-corrected chi connectivity index (χ0v) is 16.8. The number of morpholine rings is 1. The van der Waals surface area contributed by atoms with Gasteiger partial charge in [-0.05, 0) is 43.5 Å². The number of carbonyl (C=O) groups excluding carboxylic acids is 1. The minimum atomic E-state index is 0.262. The molecule has 4 heterocycles. The molecular formula is C22H32N4O2. The van der Waals surface area contributed by atoms with Crippen LogP contribution in [0.4, 0.5) is 11.4 Å². The Bertz CT molecular complexity index is 674. The van der Waals surface area contributed by atoms with Crippen LogP contribution in [-0.4, -0.2) is 86.8 Å². The lowest BCUT2D eigenvalue weighted by atomic mass is 9.96. The third-order valence-electron chi connectivity index (χ3n) is 7.03. The molecule has 28 heavy (non-hydrogen) atoms. The van der Waals surface area contributed by atoms with Gasteiger partial charge in [0.2, 0.25) is 5.91 Å². The highest BCUT2D eigenvalue weighted by Crippen LogP contribution is 2.29. The van der Waals surface area contributed by atoms with Crippen LogP contribution in [0.5, 0.6) is 0 Å². The molecule has 6 nitrogen and oxygen atoms in total. The number of nitrogens with zero attached hydrogens (tertiary/aromatic N) is 4. The Morgan fingerprint density at radius 2 is 1.46 bits per heavy atom. The summed E-state index contributed by atoms with van der Waals surface area (Å²) in [5.41, 5.74) is 2.35. The van der Waals surface area contributed by atoms with Crippen molar-refractivity contribution < 1.29 is 9.53 Å². The first-order chi connectivity index (χ1) is 13.8. The van der Waals surface area contributed by atoms with Gasteiger partial charge in [-0.15, -0.1) is 0 Å². The van der Waals surface area contributed by atoms with E-state index >= 15 is 0 Å². The predicted molar refractivity (Wildman–Crippen MR) is 111 cm³/mol. The van der Waals surface area contributed by atoms with Crippen molar-refractivity contribution >= 4 is 17.3 Å². The maximum atomic E-state index is 11.9. The Kier molecular flexibility index (Phi) is 5.26. The van der Waals surface area contributed by atoms with Crippen molar-refractivity contribution in [3.63, 3.8) is 0 Å². The summed E-state index contributed by atoms with van der Waals surface area (Å²) in [6.07, 6.45) is 4.18. The fraction of sp³-hybridized carbons (Fsp3) is 0.682. The van der Waals surface area contributed by atoms with Gasteiger partial charge in [-0.2, -0.15) is 0 Å². The number of anilines is 2. The lowest BCUT2D eigenvalue weighted by Gasteiger charge is -2.51. The van der Waals surface area contributed by atoms with Crippen molar-refractivity contribution in [1.82, 2.24) is 9.80 Å². The smallest absolute Gasteiger partial charge is 0.227 e. The zero-order chi connectivity index (χ0) is 18.9. The molecule has 0 aromatic heterocycles. The summed E-state index contributed by atoms with van der Waals surface area (Å²) in [4.78, 5) is 21.7. The van der Waals surface area contributed by atoms with Gasteiger partial charge in [0.15, 0.2) is 0 Å². The van der Waals surface area contributed by atoms with E-state index in [-0.39, 0.29) is 5.91 Å². The maximum Gasteiger partial charge on any atom is 0.227 e. The van der Waals surface area contributed by atoms with Crippen LogP contribution < -0.4 is 9.80 Å². The van der Waals surface area contributed by atoms with E-state index in [1.807, 2.05) is 4.90 Å². The Labute approximate surface area is 168 Å². The average Bonchev–Trinajstić information content (AvgIpc) is 3.14. The van der Waals surface area contributed by atoms with Gasteiger partial charge in [-0.25, -0.2) is 0 Å². The van der Waals surface area contributed by atoms with E-state index in [1.54, 1.807) is 0 Å². The predicted octanol–water partition coefficient (Wildman–Crippen LogP) is 1.80. The van der Waals surface area contributed by atoms with Gasteiger partial charge in [-0.1, -0.05) is 0 Å². The van der Waals surface area contributed by atoms with E-state index in [0.29, 0.717) is 6.42 Å². The topological polar surface area (TPSA) is 39.3 Å². The molecule has 0 unspecified atom stereocenters. The molecule has 5 rings (SSSR count). The van der Waals surface area contributed by atoms with E-state index in [4.69, 9.17) is 4.74 Å². The normalized spacial score (nSPS) is 26.1. The molecule has 0 radical (unpaired) electrons. The fourth-order valence-corrected chi connectivity index (χ4v) is 5.21. The highest BCUT2D eigenvalue weighted by Gasteiger charge is 2.37. The number of benzene rings is 1. The average molecular weight is 385 g/mol. The van der Waals surface area contributed by atoms with Gasteiger partial charge in [-0.3, -0.25) is 14.6 Å². The van der Waals surface area contributed by atoms with Crippen molar-refractivity contribution in [3.05, 3.63) is 24.3 Å². The Hall–Kier alpha value is -1.63. The van der Waals surface area contributed by atoms with E-state index < -0.39 is 0 Å². The third-order valence-corrected chi connectivity index (χ3v) is 7.03. The molecule has 0 bridgehead atoms. The summed E-state index contributed by atoms with van der Waals surface area (Å²) in [6.45, 7) is 9.62. The van der Waals surface area contributed by atoms with Crippen LogP contribution in [-0.2, 0) is 9.53 Å². The molecule has 6 heteroatoms. The molecule has 1 amide bonds. The van der Waals surface area contributed by atoms with Gasteiger partial charge in [0, 0.05) is 75.7 Å². The van der Waals surface area contributed by atoms with Crippen molar-refractivity contribution in [2.24, 2.45) is 0 Å². The third kappa shape index (κ3) is 3.65. The number of hydrogen-bond donors (Lipinski definition) is 0. The number of amides is 1. The molecule has 0 N–H and O–H groups in total. The molecule has 1 aromatic rings. The number of rotatable bonds is 4. The van der Waals surface area contributed by atoms with Crippen molar-refractivity contribution in [2.45, 2.75) is 37.8 Å². The second-order valence-corrected chi connectivity index (χ2v) is 8.64. The summed E-state index contributed by atoms with van der Waals surface area (Å²) in [6, 6.07) is 10.1. The van der Waals surface area contributed by atoms with Crippen molar-refractivity contribution in [1.29, 1.82) is 0 Å². The summed E-state index contributed by atoms with van der Waals surface area (Å²) in [5, 5.41) is 0. The van der Waals surface area contributed by atoms with Crippen LogP contribution in [0.3, 0.4) is 0 Å². The second-order valence-electron chi connectivity index (χ2n) is 8.64. The van der Waals surface area contributed by atoms with Gasteiger partial charge >= 0.3 is 0 Å². The Morgan fingerprint density at radius 3 is 2.11 bits per heavy atom. The first-order valence-corrected chi connectivity index (χ1v) is 11.0. The lowest BCUT2D eigenvalue weighted by molar-refractivity contribution is -0.117. The van der Waals surface area contributed by atoms with Crippen LogP contribution in [0, 0.1) is 0 Å². The minimum Gasteiger partial charge on any atom is -0.379 e. The quantitative estimate of drug-likeness (QED) is 0.792. The largest absolute Gasteiger partial charge is 0.379 e. The highest BCUT2D eigenvalue weighted by molar-refractivity contribution is 5.95. The van der Waals surface area contributed by atoms with Crippen molar-refractivity contribution in [2.75, 3.05) is 68.8 Å². The summed E-state index contributed by atoms with van der Waals surface area (Å²) >= 11 is 0. The Morgan fingerprint density at radius 1 is 0.786 bits per heavy atom. The first kappa shape index (κ1) is 18.4. The molecule has 4 saturated heterocycles. The van der Waals surface area contributed by atoms with Crippen LogP contribution >= 0.6 is 0 Å². The zero-order valence-electron chi connectivity index (χ0n) is 16.8. The Balaban J connectivity index is 1.10. The molecule has 4 aliphatic rings.